The summed E-state index contributed by atoms with van der Waals surface area (Å²) in [5.41, 5.74) is 1.95. The van der Waals surface area contributed by atoms with Gasteiger partial charge in [0.15, 0.2) is 0 Å². The van der Waals surface area contributed by atoms with Crippen LogP contribution in [0.2, 0.25) is 0 Å². The van der Waals surface area contributed by atoms with Gasteiger partial charge in [-0.05, 0) is 41.7 Å². The summed E-state index contributed by atoms with van der Waals surface area (Å²) in [6.07, 6.45) is 2.89. The fourth-order valence-corrected chi connectivity index (χ4v) is 3.89. The molecule has 0 unspecified atom stereocenters. The molecule has 6 heteroatoms. The smallest absolute Gasteiger partial charge is 0.306 e. The van der Waals surface area contributed by atoms with E-state index in [0.29, 0.717) is 43.8 Å². The van der Waals surface area contributed by atoms with Gasteiger partial charge in [0.25, 0.3) is 0 Å². The van der Waals surface area contributed by atoms with Crippen LogP contribution in [0.3, 0.4) is 0 Å². The number of hydrogen-bond acceptors (Lipinski definition) is 6. The van der Waals surface area contributed by atoms with Crippen LogP contribution < -0.4 is 0 Å². The molecule has 6 nitrogen and oxygen atoms in total. The Morgan fingerprint density at radius 1 is 0.944 bits per heavy atom. The van der Waals surface area contributed by atoms with Crippen LogP contribution in [0.4, 0.5) is 0 Å². The molecular weight excluding hydrogens is 456 g/mol. The number of esters is 2. The van der Waals surface area contributed by atoms with Crippen molar-refractivity contribution in [2.75, 3.05) is 13.2 Å². The van der Waals surface area contributed by atoms with E-state index in [-0.39, 0.29) is 31.1 Å². The molecule has 0 spiro atoms. The summed E-state index contributed by atoms with van der Waals surface area (Å²) < 4.78 is 10.0. The van der Waals surface area contributed by atoms with E-state index in [4.69, 9.17) is 14.6 Å². The van der Waals surface area contributed by atoms with Crippen molar-refractivity contribution in [3.63, 3.8) is 0 Å². The molecule has 1 saturated heterocycles. The SMILES string of the molecule is CC(C)C[C@@H]1COC(=O)C1.CC(C)C[C@H](CO)CC(=O)OCc1ccccc1.OCc1ccccc1. The second-order valence-electron chi connectivity index (χ2n) is 10.1. The van der Waals surface area contributed by atoms with E-state index >= 15 is 0 Å². The van der Waals surface area contributed by atoms with E-state index in [9.17, 15) is 14.7 Å². The lowest BCUT2D eigenvalue weighted by Gasteiger charge is -2.15. The monoisotopic (exact) mass is 500 g/mol. The lowest BCUT2D eigenvalue weighted by molar-refractivity contribution is -0.146. The van der Waals surface area contributed by atoms with Crippen molar-refractivity contribution in [2.45, 2.75) is 66.6 Å². The Morgan fingerprint density at radius 3 is 1.94 bits per heavy atom. The number of aliphatic hydroxyl groups excluding tert-OH is 2. The Morgan fingerprint density at radius 2 is 1.53 bits per heavy atom. The van der Waals surface area contributed by atoms with Crippen molar-refractivity contribution >= 4 is 11.9 Å². The van der Waals surface area contributed by atoms with Crippen LogP contribution in [-0.2, 0) is 32.3 Å². The summed E-state index contributed by atoms with van der Waals surface area (Å²) in [5.74, 6) is 1.40. The van der Waals surface area contributed by atoms with Crippen LogP contribution in [0, 0.1) is 23.7 Å². The van der Waals surface area contributed by atoms with Gasteiger partial charge in [-0.2, -0.15) is 0 Å². The highest BCUT2D eigenvalue weighted by molar-refractivity contribution is 5.71. The van der Waals surface area contributed by atoms with Crippen LogP contribution in [0.5, 0.6) is 0 Å². The summed E-state index contributed by atoms with van der Waals surface area (Å²) in [5, 5.41) is 17.7. The summed E-state index contributed by atoms with van der Waals surface area (Å²) in [7, 11) is 0. The molecule has 36 heavy (non-hydrogen) atoms. The Hall–Kier alpha value is -2.70. The maximum Gasteiger partial charge on any atom is 0.306 e. The number of rotatable bonds is 10. The third-order valence-electron chi connectivity index (χ3n) is 5.53. The fraction of sp³-hybridized carbons (Fsp3) is 0.533. The number of carbonyl (C=O) groups excluding carboxylic acids is 2. The molecule has 2 aromatic carbocycles. The summed E-state index contributed by atoms with van der Waals surface area (Å²) in [6, 6.07) is 19.1. The first kappa shape index (κ1) is 31.3. The molecule has 0 amide bonds. The topological polar surface area (TPSA) is 93.1 Å². The average Bonchev–Trinajstić information content (AvgIpc) is 3.27. The predicted octanol–water partition coefficient (Wildman–Crippen LogP) is 5.55. The van der Waals surface area contributed by atoms with Crippen molar-refractivity contribution in [1.82, 2.24) is 0 Å². The van der Waals surface area contributed by atoms with Crippen molar-refractivity contribution in [2.24, 2.45) is 23.7 Å². The first-order valence-electron chi connectivity index (χ1n) is 12.8. The number of carbonyl (C=O) groups is 2. The third kappa shape index (κ3) is 15.3. The van der Waals surface area contributed by atoms with Crippen LogP contribution >= 0.6 is 0 Å². The number of aliphatic hydroxyl groups is 2. The molecule has 2 N–H and O–H groups in total. The van der Waals surface area contributed by atoms with Gasteiger partial charge in [0.2, 0.25) is 0 Å². The molecule has 1 heterocycles. The van der Waals surface area contributed by atoms with Crippen molar-refractivity contribution < 1.29 is 29.3 Å². The summed E-state index contributed by atoms with van der Waals surface area (Å²) >= 11 is 0. The van der Waals surface area contributed by atoms with Crippen molar-refractivity contribution in [1.29, 1.82) is 0 Å². The van der Waals surface area contributed by atoms with Gasteiger partial charge in [0, 0.05) is 12.5 Å². The van der Waals surface area contributed by atoms with Crippen LogP contribution in [0.15, 0.2) is 60.7 Å². The lowest BCUT2D eigenvalue weighted by Crippen LogP contribution is -2.16. The maximum absolute atomic E-state index is 11.6. The second kappa shape index (κ2) is 18.6. The Labute approximate surface area is 216 Å². The first-order chi connectivity index (χ1) is 17.2. The van der Waals surface area contributed by atoms with E-state index < -0.39 is 0 Å². The Bertz CT molecular complexity index is 835. The highest BCUT2D eigenvalue weighted by atomic mass is 16.5. The van der Waals surface area contributed by atoms with E-state index in [0.717, 1.165) is 24.0 Å². The highest BCUT2D eigenvalue weighted by Gasteiger charge is 2.23. The lowest BCUT2D eigenvalue weighted by atomic mass is 9.95. The Kier molecular flexibility index (Phi) is 16.1. The van der Waals surface area contributed by atoms with Gasteiger partial charge in [0.05, 0.1) is 26.1 Å². The van der Waals surface area contributed by atoms with Gasteiger partial charge < -0.3 is 19.7 Å². The van der Waals surface area contributed by atoms with Crippen molar-refractivity contribution in [3.8, 4) is 0 Å². The van der Waals surface area contributed by atoms with Gasteiger partial charge in [0.1, 0.15) is 6.61 Å². The number of hydrogen-bond donors (Lipinski definition) is 2. The van der Waals surface area contributed by atoms with E-state index in [1.807, 2.05) is 60.7 Å². The molecule has 2 atom stereocenters. The molecule has 1 fully saturated rings. The standard InChI is InChI=1S/C15H22O3.C8H14O2.C7H8O/c1-12(2)8-14(10-16)9-15(17)18-11-13-6-4-3-5-7-13;1-6(2)3-7-4-8(9)10-5-7;8-6-7-4-2-1-3-5-7/h3-7,12,14,16H,8-11H2,1-2H3;6-7H,3-5H2,1-2H3;1-5,8H,6H2/t14-;7-;/m00./s1. The van der Waals surface area contributed by atoms with Gasteiger partial charge in [-0.15, -0.1) is 0 Å². The molecule has 2 aromatic rings. The first-order valence-corrected chi connectivity index (χ1v) is 12.8. The van der Waals surface area contributed by atoms with Crippen LogP contribution in [-0.4, -0.2) is 35.4 Å². The molecule has 3 rings (SSSR count). The van der Waals surface area contributed by atoms with Crippen LogP contribution in [0.25, 0.3) is 0 Å². The molecule has 0 aliphatic carbocycles. The second-order valence-corrected chi connectivity index (χ2v) is 10.1. The Balaban J connectivity index is 0.000000301. The molecule has 1 aliphatic rings. The molecule has 0 saturated carbocycles. The third-order valence-corrected chi connectivity index (χ3v) is 5.53. The zero-order valence-corrected chi connectivity index (χ0v) is 22.3. The molecule has 0 aromatic heterocycles. The molecule has 0 bridgehead atoms. The summed E-state index contributed by atoms with van der Waals surface area (Å²) in [4.78, 5) is 22.2. The molecular formula is C30H44O6. The molecule has 1 aliphatic heterocycles. The zero-order valence-electron chi connectivity index (χ0n) is 22.3. The van der Waals surface area contributed by atoms with Gasteiger partial charge >= 0.3 is 11.9 Å². The fourth-order valence-electron chi connectivity index (χ4n) is 3.89. The molecule has 0 radical (unpaired) electrons. The number of cyclic esters (lactones) is 1. The predicted molar refractivity (Wildman–Crippen MR) is 142 cm³/mol. The van der Waals surface area contributed by atoms with E-state index in [2.05, 4.69) is 27.7 Å². The van der Waals surface area contributed by atoms with Gasteiger partial charge in [-0.3, -0.25) is 9.59 Å². The van der Waals surface area contributed by atoms with E-state index in [1.165, 1.54) is 0 Å². The minimum atomic E-state index is -0.237. The average molecular weight is 501 g/mol. The maximum atomic E-state index is 11.6. The van der Waals surface area contributed by atoms with Crippen molar-refractivity contribution in [3.05, 3.63) is 71.8 Å². The highest BCUT2D eigenvalue weighted by Crippen LogP contribution is 2.21. The van der Waals surface area contributed by atoms with Gasteiger partial charge in [-0.1, -0.05) is 88.4 Å². The van der Waals surface area contributed by atoms with Gasteiger partial charge in [-0.25, -0.2) is 0 Å². The van der Waals surface area contributed by atoms with E-state index in [1.54, 1.807) is 0 Å². The minimum Gasteiger partial charge on any atom is -0.465 e. The zero-order chi connectivity index (χ0) is 26.8. The number of ether oxygens (including phenoxy) is 2. The van der Waals surface area contributed by atoms with Crippen LogP contribution in [0.1, 0.15) is 64.5 Å². The molecule has 200 valence electrons. The normalized spacial score (nSPS) is 15.3. The summed E-state index contributed by atoms with van der Waals surface area (Å²) in [6.45, 7) is 9.64. The largest absolute Gasteiger partial charge is 0.465 e. The quantitative estimate of drug-likeness (QED) is 0.416. The minimum absolute atomic E-state index is 0.00766. The number of benzene rings is 2.